The Labute approximate surface area is 165 Å². The number of hydrogen-bond donors (Lipinski definition) is 1. The molecule has 1 aromatic carbocycles. The smallest absolute Gasteiger partial charge is 0.223 e. The van der Waals surface area contributed by atoms with Crippen molar-refractivity contribution in [1.82, 2.24) is 24.6 Å². The number of benzene rings is 1. The van der Waals surface area contributed by atoms with Crippen molar-refractivity contribution in [3.63, 3.8) is 0 Å². The third-order valence-corrected chi connectivity index (χ3v) is 6.21. The molecular formula is C22H27N5O. The van der Waals surface area contributed by atoms with Crippen LogP contribution in [-0.2, 0) is 38.0 Å². The van der Waals surface area contributed by atoms with Crippen molar-refractivity contribution in [1.29, 1.82) is 0 Å². The SMILES string of the molecule is Cn1ccc2ccc(CN3CCn4nc(CNC(=O)C5CCC5)cc4C3)cc21. The minimum atomic E-state index is 0.190. The van der Waals surface area contributed by atoms with Gasteiger partial charge in [-0.1, -0.05) is 18.6 Å². The Balaban J connectivity index is 1.22. The van der Waals surface area contributed by atoms with E-state index < -0.39 is 0 Å². The molecule has 2 aromatic heterocycles. The summed E-state index contributed by atoms with van der Waals surface area (Å²) >= 11 is 0. The Morgan fingerprint density at radius 3 is 2.93 bits per heavy atom. The molecule has 3 aromatic rings. The molecule has 1 amide bonds. The number of hydrogen-bond acceptors (Lipinski definition) is 3. The third kappa shape index (κ3) is 3.33. The molecule has 1 fully saturated rings. The van der Waals surface area contributed by atoms with Crippen LogP contribution in [0.1, 0.15) is 36.2 Å². The number of aromatic nitrogens is 3. The quantitative estimate of drug-likeness (QED) is 0.744. The highest BCUT2D eigenvalue weighted by molar-refractivity contribution is 5.80. The van der Waals surface area contributed by atoms with Gasteiger partial charge in [0, 0.05) is 44.3 Å². The fraction of sp³-hybridized carbons (Fsp3) is 0.455. The number of rotatable bonds is 5. The lowest BCUT2D eigenvalue weighted by Gasteiger charge is -2.27. The molecule has 6 heteroatoms. The molecule has 0 unspecified atom stereocenters. The average Bonchev–Trinajstić information content (AvgIpc) is 3.22. The fourth-order valence-corrected chi connectivity index (χ4v) is 4.26. The van der Waals surface area contributed by atoms with Crippen LogP contribution >= 0.6 is 0 Å². The van der Waals surface area contributed by atoms with Gasteiger partial charge in [0.25, 0.3) is 0 Å². The van der Waals surface area contributed by atoms with E-state index in [4.69, 9.17) is 0 Å². The minimum Gasteiger partial charge on any atom is -0.351 e. The van der Waals surface area contributed by atoms with E-state index in [0.29, 0.717) is 6.54 Å². The van der Waals surface area contributed by atoms with Gasteiger partial charge in [-0.05, 0) is 42.0 Å². The molecule has 2 aliphatic rings. The van der Waals surface area contributed by atoms with E-state index in [-0.39, 0.29) is 11.8 Å². The van der Waals surface area contributed by atoms with Crippen LogP contribution in [0, 0.1) is 5.92 Å². The molecule has 1 saturated carbocycles. The number of nitrogens with one attached hydrogen (secondary N) is 1. The Hall–Kier alpha value is -2.60. The predicted molar refractivity (Wildman–Crippen MR) is 108 cm³/mol. The summed E-state index contributed by atoms with van der Waals surface area (Å²) in [4.78, 5) is 14.5. The molecule has 0 bridgehead atoms. The molecule has 0 atom stereocenters. The Bertz CT molecular complexity index is 1010. The van der Waals surface area contributed by atoms with Crippen molar-refractivity contribution in [2.24, 2.45) is 13.0 Å². The predicted octanol–water partition coefficient (Wildman–Crippen LogP) is 2.81. The standard InChI is InChI=1S/C22H27N5O/c1-25-8-7-17-6-5-16(11-21(17)25)14-26-9-10-27-20(15-26)12-19(24-27)13-23-22(28)18-3-2-4-18/h5-8,11-12,18H,2-4,9-10,13-15H2,1H3,(H,23,28). The fourth-order valence-electron chi connectivity index (χ4n) is 4.26. The van der Waals surface area contributed by atoms with Crippen molar-refractivity contribution in [3.05, 3.63) is 53.5 Å². The molecule has 1 aliphatic carbocycles. The van der Waals surface area contributed by atoms with Gasteiger partial charge in [-0.2, -0.15) is 5.10 Å². The van der Waals surface area contributed by atoms with Gasteiger partial charge in [0.1, 0.15) is 0 Å². The Morgan fingerprint density at radius 2 is 2.11 bits per heavy atom. The number of nitrogens with zero attached hydrogens (tertiary/aromatic N) is 4. The third-order valence-electron chi connectivity index (χ3n) is 6.21. The number of aryl methyl sites for hydroxylation is 1. The molecular weight excluding hydrogens is 350 g/mol. The highest BCUT2D eigenvalue weighted by Gasteiger charge is 2.25. The molecule has 1 N–H and O–H groups in total. The van der Waals surface area contributed by atoms with Gasteiger partial charge in [0.15, 0.2) is 0 Å². The van der Waals surface area contributed by atoms with E-state index in [0.717, 1.165) is 44.7 Å². The second kappa shape index (κ2) is 7.09. The van der Waals surface area contributed by atoms with E-state index in [1.165, 1.54) is 28.6 Å². The molecule has 146 valence electrons. The molecule has 6 nitrogen and oxygen atoms in total. The maximum atomic E-state index is 12.0. The first-order valence-corrected chi connectivity index (χ1v) is 10.3. The maximum Gasteiger partial charge on any atom is 0.223 e. The van der Waals surface area contributed by atoms with E-state index in [1.807, 2.05) is 0 Å². The summed E-state index contributed by atoms with van der Waals surface area (Å²) in [6.45, 7) is 4.28. The molecule has 0 saturated heterocycles. The van der Waals surface area contributed by atoms with Gasteiger partial charge in [0.05, 0.1) is 24.5 Å². The van der Waals surface area contributed by atoms with Gasteiger partial charge in [0.2, 0.25) is 5.91 Å². The summed E-state index contributed by atoms with van der Waals surface area (Å²) in [5.41, 5.74) is 4.83. The zero-order chi connectivity index (χ0) is 19.1. The molecule has 1 aliphatic heterocycles. The van der Waals surface area contributed by atoms with Crippen molar-refractivity contribution in [2.45, 2.75) is 45.4 Å². The number of carbonyl (C=O) groups excluding carboxylic acids is 1. The van der Waals surface area contributed by atoms with Crippen molar-refractivity contribution >= 4 is 16.8 Å². The van der Waals surface area contributed by atoms with Gasteiger partial charge in [-0.3, -0.25) is 14.4 Å². The first kappa shape index (κ1) is 17.5. The summed E-state index contributed by atoms with van der Waals surface area (Å²) in [6, 6.07) is 11.0. The lowest BCUT2D eigenvalue weighted by Crippen LogP contribution is -2.34. The number of carbonyl (C=O) groups is 1. The highest BCUT2D eigenvalue weighted by atomic mass is 16.1. The van der Waals surface area contributed by atoms with E-state index in [1.54, 1.807) is 0 Å². The second-order valence-corrected chi connectivity index (χ2v) is 8.23. The number of fused-ring (bicyclic) bond motifs is 2. The van der Waals surface area contributed by atoms with Crippen LogP contribution in [0.4, 0.5) is 0 Å². The van der Waals surface area contributed by atoms with Crippen LogP contribution in [0.25, 0.3) is 10.9 Å². The minimum absolute atomic E-state index is 0.190. The maximum absolute atomic E-state index is 12.0. The van der Waals surface area contributed by atoms with Gasteiger partial charge >= 0.3 is 0 Å². The Kier molecular flexibility index (Phi) is 4.43. The second-order valence-electron chi connectivity index (χ2n) is 8.23. The summed E-state index contributed by atoms with van der Waals surface area (Å²) in [5, 5.41) is 9.02. The first-order chi connectivity index (χ1) is 13.7. The van der Waals surface area contributed by atoms with Crippen LogP contribution in [0.5, 0.6) is 0 Å². The molecule has 0 spiro atoms. The number of amides is 1. The average molecular weight is 377 g/mol. The monoisotopic (exact) mass is 377 g/mol. The van der Waals surface area contributed by atoms with Gasteiger partial charge in [-0.25, -0.2) is 0 Å². The van der Waals surface area contributed by atoms with Gasteiger partial charge < -0.3 is 9.88 Å². The summed E-state index contributed by atoms with van der Waals surface area (Å²) in [5.74, 6) is 0.421. The van der Waals surface area contributed by atoms with Crippen LogP contribution in [0.15, 0.2) is 36.5 Å². The van der Waals surface area contributed by atoms with E-state index in [2.05, 4.69) is 68.1 Å². The normalized spacial score (nSPS) is 17.5. The lowest BCUT2D eigenvalue weighted by molar-refractivity contribution is -0.127. The largest absolute Gasteiger partial charge is 0.351 e. The summed E-state index contributed by atoms with van der Waals surface area (Å²) in [6.07, 6.45) is 5.37. The van der Waals surface area contributed by atoms with Crippen molar-refractivity contribution in [2.75, 3.05) is 6.54 Å². The van der Waals surface area contributed by atoms with E-state index >= 15 is 0 Å². The van der Waals surface area contributed by atoms with Crippen LogP contribution in [0.2, 0.25) is 0 Å². The topological polar surface area (TPSA) is 55.1 Å². The van der Waals surface area contributed by atoms with E-state index in [9.17, 15) is 4.79 Å². The highest BCUT2D eigenvalue weighted by Crippen LogP contribution is 2.26. The summed E-state index contributed by atoms with van der Waals surface area (Å²) in [7, 11) is 2.09. The van der Waals surface area contributed by atoms with Crippen molar-refractivity contribution < 1.29 is 4.79 Å². The summed E-state index contributed by atoms with van der Waals surface area (Å²) < 4.78 is 4.27. The molecule has 3 heterocycles. The van der Waals surface area contributed by atoms with Gasteiger partial charge in [-0.15, -0.1) is 0 Å². The Morgan fingerprint density at radius 1 is 1.21 bits per heavy atom. The molecule has 28 heavy (non-hydrogen) atoms. The molecule has 0 radical (unpaired) electrons. The zero-order valence-electron chi connectivity index (χ0n) is 16.4. The molecule has 5 rings (SSSR count). The first-order valence-electron chi connectivity index (χ1n) is 10.3. The van der Waals surface area contributed by atoms with Crippen molar-refractivity contribution in [3.8, 4) is 0 Å². The lowest BCUT2D eigenvalue weighted by atomic mass is 9.85. The zero-order valence-corrected chi connectivity index (χ0v) is 16.4. The van der Waals surface area contributed by atoms with Crippen LogP contribution in [0.3, 0.4) is 0 Å². The van der Waals surface area contributed by atoms with Crippen LogP contribution in [-0.4, -0.2) is 31.7 Å². The van der Waals surface area contributed by atoms with Crippen LogP contribution < -0.4 is 5.32 Å².